The maximum Gasteiger partial charge on any atom is 0.254 e. The third kappa shape index (κ3) is 3.07. The number of hydrogen-bond acceptors (Lipinski definition) is 3. The Hall–Kier alpha value is -1.55. The molecule has 2 rings (SSSR count). The summed E-state index contributed by atoms with van der Waals surface area (Å²) >= 11 is 0. The second-order valence-corrected chi connectivity index (χ2v) is 5.33. The zero-order chi connectivity index (χ0) is 13.9. The Morgan fingerprint density at radius 3 is 2.21 bits per heavy atom. The quantitative estimate of drug-likeness (QED) is 0.832. The van der Waals surface area contributed by atoms with Crippen LogP contribution < -0.4 is 4.90 Å². The average Bonchev–Trinajstić information content (AvgIpc) is 2.47. The Kier molecular flexibility index (Phi) is 4.10. The second-order valence-electron chi connectivity index (χ2n) is 5.33. The highest BCUT2D eigenvalue weighted by atomic mass is 16.5. The predicted molar refractivity (Wildman–Crippen MR) is 76.3 cm³/mol. The van der Waals surface area contributed by atoms with E-state index < -0.39 is 5.60 Å². The molecule has 1 aromatic rings. The molecule has 0 atom stereocenters. The number of carbonyl (C=O) groups excluding carboxylic acids is 1. The van der Waals surface area contributed by atoms with Crippen LogP contribution in [0.25, 0.3) is 0 Å². The molecule has 4 nitrogen and oxygen atoms in total. The van der Waals surface area contributed by atoms with Crippen molar-refractivity contribution in [3.63, 3.8) is 0 Å². The summed E-state index contributed by atoms with van der Waals surface area (Å²) in [6.45, 7) is 6.88. The van der Waals surface area contributed by atoms with Gasteiger partial charge in [0.15, 0.2) is 0 Å². The molecule has 0 aromatic heterocycles. The van der Waals surface area contributed by atoms with E-state index in [1.54, 1.807) is 7.11 Å². The van der Waals surface area contributed by atoms with Crippen LogP contribution in [0.5, 0.6) is 0 Å². The summed E-state index contributed by atoms with van der Waals surface area (Å²) in [6, 6.07) is 10.3. The summed E-state index contributed by atoms with van der Waals surface area (Å²) < 4.78 is 5.26. The van der Waals surface area contributed by atoms with E-state index in [1.807, 2.05) is 36.9 Å². The van der Waals surface area contributed by atoms with Gasteiger partial charge in [0, 0.05) is 39.0 Å². The highest BCUT2D eigenvalue weighted by molar-refractivity contribution is 5.84. The molecule has 1 amide bonds. The zero-order valence-corrected chi connectivity index (χ0v) is 11.9. The Morgan fingerprint density at radius 2 is 1.68 bits per heavy atom. The molecule has 0 radical (unpaired) electrons. The van der Waals surface area contributed by atoms with Crippen LogP contribution >= 0.6 is 0 Å². The fourth-order valence-corrected chi connectivity index (χ4v) is 2.27. The van der Waals surface area contributed by atoms with Gasteiger partial charge in [-0.1, -0.05) is 18.2 Å². The van der Waals surface area contributed by atoms with E-state index >= 15 is 0 Å². The van der Waals surface area contributed by atoms with Crippen molar-refractivity contribution in [2.24, 2.45) is 0 Å². The summed E-state index contributed by atoms with van der Waals surface area (Å²) in [6.07, 6.45) is 0. The highest BCUT2D eigenvalue weighted by Crippen LogP contribution is 2.18. The van der Waals surface area contributed by atoms with E-state index in [2.05, 4.69) is 17.0 Å². The lowest BCUT2D eigenvalue weighted by Crippen LogP contribution is -2.54. The number of rotatable bonds is 3. The van der Waals surface area contributed by atoms with Crippen molar-refractivity contribution < 1.29 is 9.53 Å². The summed E-state index contributed by atoms with van der Waals surface area (Å²) in [5.41, 5.74) is 0.496. The molecule has 0 aliphatic carbocycles. The molecule has 0 spiro atoms. The topological polar surface area (TPSA) is 32.8 Å². The lowest BCUT2D eigenvalue weighted by molar-refractivity contribution is -0.151. The minimum atomic E-state index is -0.727. The molecular formula is C15H22N2O2. The van der Waals surface area contributed by atoms with E-state index in [0.29, 0.717) is 0 Å². The van der Waals surface area contributed by atoms with Crippen molar-refractivity contribution in [1.29, 1.82) is 0 Å². The molecule has 0 N–H and O–H groups in total. The van der Waals surface area contributed by atoms with Crippen molar-refractivity contribution in [1.82, 2.24) is 4.90 Å². The number of carbonyl (C=O) groups is 1. The van der Waals surface area contributed by atoms with Gasteiger partial charge in [-0.25, -0.2) is 0 Å². The van der Waals surface area contributed by atoms with E-state index in [4.69, 9.17) is 4.74 Å². The van der Waals surface area contributed by atoms with Gasteiger partial charge >= 0.3 is 0 Å². The van der Waals surface area contributed by atoms with E-state index in [0.717, 1.165) is 26.2 Å². The molecule has 0 bridgehead atoms. The lowest BCUT2D eigenvalue weighted by Gasteiger charge is -2.39. The third-order valence-corrected chi connectivity index (χ3v) is 3.71. The first-order valence-corrected chi connectivity index (χ1v) is 6.69. The molecule has 0 saturated carbocycles. The van der Waals surface area contributed by atoms with Gasteiger partial charge < -0.3 is 14.5 Å². The molecule has 0 unspecified atom stereocenters. The van der Waals surface area contributed by atoms with Crippen molar-refractivity contribution in [2.75, 3.05) is 38.2 Å². The van der Waals surface area contributed by atoms with Crippen molar-refractivity contribution >= 4 is 11.6 Å². The molecule has 19 heavy (non-hydrogen) atoms. The molecule has 1 aromatic carbocycles. The first kappa shape index (κ1) is 13.9. The van der Waals surface area contributed by atoms with Crippen LogP contribution in [0.1, 0.15) is 13.8 Å². The van der Waals surface area contributed by atoms with Gasteiger partial charge in [-0.05, 0) is 26.0 Å². The smallest absolute Gasteiger partial charge is 0.254 e. The molecular weight excluding hydrogens is 240 g/mol. The Labute approximate surface area is 115 Å². The fraction of sp³-hybridized carbons (Fsp3) is 0.533. The molecule has 1 saturated heterocycles. The monoisotopic (exact) mass is 262 g/mol. The normalized spacial score (nSPS) is 16.6. The molecule has 1 aliphatic rings. The second kappa shape index (κ2) is 5.61. The van der Waals surface area contributed by atoms with Gasteiger partial charge in [-0.3, -0.25) is 4.79 Å². The van der Waals surface area contributed by atoms with Crippen LogP contribution in [0.2, 0.25) is 0 Å². The standard InChI is InChI=1S/C15H22N2O2/c1-15(2,19-3)14(18)17-11-9-16(10-12-17)13-7-5-4-6-8-13/h4-8H,9-12H2,1-3H3. The number of benzene rings is 1. The SMILES string of the molecule is COC(C)(C)C(=O)N1CCN(c2ccccc2)CC1. The van der Waals surface area contributed by atoms with E-state index in [1.165, 1.54) is 5.69 Å². The predicted octanol–water partition coefficient (Wildman–Crippen LogP) is 1.76. The first-order valence-electron chi connectivity index (χ1n) is 6.69. The summed E-state index contributed by atoms with van der Waals surface area (Å²) in [5.74, 6) is 0.0720. The maximum atomic E-state index is 12.3. The number of anilines is 1. The molecule has 104 valence electrons. The first-order chi connectivity index (χ1) is 9.04. The van der Waals surface area contributed by atoms with Crippen molar-refractivity contribution in [2.45, 2.75) is 19.4 Å². The Balaban J connectivity index is 1.95. The van der Waals surface area contributed by atoms with Gasteiger partial charge in [0.05, 0.1) is 0 Å². The summed E-state index contributed by atoms with van der Waals surface area (Å²) in [7, 11) is 1.58. The number of nitrogens with zero attached hydrogens (tertiary/aromatic N) is 2. The lowest BCUT2D eigenvalue weighted by atomic mass is 10.1. The minimum Gasteiger partial charge on any atom is -0.369 e. The number of methoxy groups -OCH3 is 1. The molecule has 4 heteroatoms. The van der Waals surface area contributed by atoms with Gasteiger partial charge in [0.25, 0.3) is 5.91 Å². The zero-order valence-electron chi connectivity index (χ0n) is 11.9. The van der Waals surface area contributed by atoms with Crippen LogP contribution in [-0.4, -0.2) is 49.7 Å². The maximum absolute atomic E-state index is 12.3. The number of amides is 1. The van der Waals surface area contributed by atoms with Gasteiger partial charge in [-0.15, -0.1) is 0 Å². The van der Waals surface area contributed by atoms with Crippen LogP contribution in [0.3, 0.4) is 0 Å². The Bertz CT molecular complexity index is 423. The average molecular weight is 262 g/mol. The summed E-state index contributed by atoms with van der Waals surface area (Å²) in [5, 5.41) is 0. The Morgan fingerprint density at radius 1 is 1.11 bits per heavy atom. The largest absolute Gasteiger partial charge is 0.369 e. The van der Waals surface area contributed by atoms with Gasteiger partial charge in [0.2, 0.25) is 0 Å². The molecule has 1 aliphatic heterocycles. The fourth-order valence-electron chi connectivity index (χ4n) is 2.27. The summed E-state index contributed by atoms with van der Waals surface area (Å²) in [4.78, 5) is 16.5. The van der Waals surface area contributed by atoms with E-state index in [-0.39, 0.29) is 5.91 Å². The van der Waals surface area contributed by atoms with Crippen LogP contribution in [0.15, 0.2) is 30.3 Å². The van der Waals surface area contributed by atoms with Gasteiger partial charge in [0.1, 0.15) is 5.60 Å². The third-order valence-electron chi connectivity index (χ3n) is 3.71. The van der Waals surface area contributed by atoms with Crippen LogP contribution in [-0.2, 0) is 9.53 Å². The molecule has 1 heterocycles. The number of para-hydroxylation sites is 1. The van der Waals surface area contributed by atoms with Crippen molar-refractivity contribution in [3.8, 4) is 0 Å². The van der Waals surface area contributed by atoms with E-state index in [9.17, 15) is 4.79 Å². The number of piperazine rings is 1. The van der Waals surface area contributed by atoms with Crippen LogP contribution in [0, 0.1) is 0 Å². The van der Waals surface area contributed by atoms with Crippen LogP contribution in [0.4, 0.5) is 5.69 Å². The van der Waals surface area contributed by atoms with Crippen molar-refractivity contribution in [3.05, 3.63) is 30.3 Å². The number of ether oxygens (including phenoxy) is 1. The number of hydrogen-bond donors (Lipinski definition) is 0. The highest BCUT2D eigenvalue weighted by Gasteiger charge is 2.33. The van der Waals surface area contributed by atoms with Gasteiger partial charge in [-0.2, -0.15) is 0 Å². The minimum absolute atomic E-state index is 0.0720. The molecule has 1 fully saturated rings.